The first-order valence-corrected chi connectivity index (χ1v) is 9.10. The fraction of sp³-hybridized carbons (Fsp3) is 0.632. The van der Waals surface area contributed by atoms with Crippen molar-refractivity contribution >= 4 is 5.96 Å². The van der Waals surface area contributed by atoms with Gasteiger partial charge in [-0.2, -0.15) is 0 Å². The number of hydrogen-bond donors (Lipinski definition) is 2. The second kappa shape index (κ2) is 10.9. The highest BCUT2D eigenvalue weighted by atomic mass is 16.5. The number of hydrogen-bond acceptors (Lipinski definition) is 4. The molecule has 0 spiro atoms. The third kappa shape index (κ3) is 5.90. The van der Waals surface area contributed by atoms with Gasteiger partial charge in [-0.3, -0.25) is 9.89 Å². The standard InChI is InChI=1S/C19H32N4O2/c1-20-19(21-11-14-24-2)22-15-17(23-12-7-4-8-13-23)16-9-5-6-10-18(16)25-3/h5-6,9-10,17H,4,7-8,11-15H2,1-3H3,(H2,20,21,22). The number of likely N-dealkylation sites (tertiary alicyclic amines) is 1. The molecule has 1 aromatic carbocycles. The maximum atomic E-state index is 5.61. The molecule has 25 heavy (non-hydrogen) atoms. The lowest BCUT2D eigenvalue weighted by atomic mass is 10.0. The Kier molecular flexibility index (Phi) is 8.55. The van der Waals surface area contributed by atoms with Gasteiger partial charge >= 0.3 is 0 Å². The van der Waals surface area contributed by atoms with Crippen molar-refractivity contribution in [1.29, 1.82) is 0 Å². The second-order valence-corrected chi connectivity index (χ2v) is 6.23. The second-order valence-electron chi connectivity index (χ2n) is 6.23. The maximum Gasteiger partial charge on any atom is 0.191 e. The number of nitrogens with one attached hydrogen (secondary N) is 2. The smallest absolute Gasteiger partial charge is 0.191 e. The number of piperidine rings is 1. The van der Waals surface area contributed by atoms with Crippen molar-refractivity contribution in [1.82, 2.24) is 15.5 Å². The molecule has 1 atom stereocenters. The van der Waals surface area contributed by atoms with E-state index in [1.165, 1.54) is 24.8 Å². The fourth-order valence-corrected chi connectivity index (χ4v) is 3.29. The number of guanidine groups is 1. The highest BCUT2D eigenvalue weighted by Gasteiger charge is 2.24. The molecule has 0 bridgehead atoms. The van der Waals surface area contributed by atoms with Crippen molar-refractivity contribution in [3.05, 3.63) is 29.8 Å². The Morgan fingerprint density at radius 2 is 1.92 bits per heavy atom. The van der Waals surface area contributed by atoms with Crippen LogP contribution in [-0.2, 0) is 4.74 Å². The summed E-state index contributed by atoms with van der Waals surface area (Å²) in [5, 5.41) is 6.73. The van der Waals surface area contributed by atoms with Crippen molar-refractivity contribution < 1.29 is 9.47 Å². The van der Waals surface area contributed by atoms with Gasteiger partial charge in [0.2, 0.25) is 0 Å². The quantitative estimate of drug-likeness (QED) is 0.428. The van der Waals surface area contributed by atoms with Gasteiger partial charge in [-0.15, -0.1) is 0 Å². The zero-order chi connectivity index (χ0) is 17.9. The van der Waals surface area contributed by atoms with Gasteiger partial charge in [0, 0.05) is 32.8 Å². The molecule has 1 saturated heterocycles. The number of methoxy groups -OCH3 is 2. The third-order valence-electron chi connectivity index (χ3n) is 4.61. The van der Waals surface area contributed by atoms with E-state index >= 15 is 0 Å². The Bertz CT molecular complexity index is 530. The SMILES string of the molecule is CN=C(NCCOC)NCC(c1ccccc1OC)N1CCCCC1. The zero-order valence-electron chi connectivity index (χ0n) is 15.8. The highest BCUT2D eigenvalue weighted by Crippen LogP contribution is 2.30. The summed E-state index contributed by atoms with van der Waals surface area (Å²) in [7, 11) is 5.23. The third-order valence-corrected chi connectivity index (χ3v) is 4.61. The van der Waals surface area contributed by atoms with E-state index in [9.17, 15) is 0 Å². The summed E-state index contributed by atoms with van der Waals surface area (Å²) in [6, 6.07) is 8.57. The zero-order valence-corrected chi connectivity index (χ0v) is 15.8. The van der Waals surface area contributed by atoms with Crippen molar-refractivity contribution in [3.63, 3.8) is 0 Å². The van der Waals surface area contributed by atoms with Crippen LogP contribution in [0.25, 0.3) is 0 Å². The molecular weight excluding hydrogens is 316 g/mol. The number of nitrogens with zero attached hydrogens (tertiary/aromatic N) is 2. The van der Waals surface area contributed by atoms with Crippen molar-refractivity contribution in [2.24, 2.45) is 4.99 Å². The summed E-state index contributed by atoms with van der Waals surface area (Å²) in [6.45, 7) is 4.43. The summed E-state index contributed by atoms with van der Waals surface area (Å²) < 4.78 is 10.7. The topological polar surface area (TPSA) is 58.1 Å². The summed E-state index contributed by atoms with van der Waals surface area (Å²) in [6.07, 6.45) is 3.84. The van der Waals surface area contributed by atoms with E-state index in [1.54, 1.807) is 21.3 Å². The molecule has 1 fully saturated rings. The van der Waals surface area contributed by atoms with E-state index in [1.807, 2.05) is 12.1 Å². The molecule has 0 amide bonds. The Morgan fingerprint density at radius 3 is 2.60 bits per heavy atom. The molecule has 6 nitrogen and oxygen atoms in total. The summed E-state index contributed by atoms with van der Waals surface area (Å²) >= 11 is 0. The molecule has 0 aromatic heterocycles. The molecule has 2 rings (SSSR count). The minimum absolute atomic E-state index is 0.262. The average molecular weight is 348 g/mol. The molecule has 1 aliphatic rings. The van der Waals surface area contributed by atoms with Crippen molar-refractivity contribution in [2.45, 2.75) is 25.3 Å². The van der Waals surface area contributed by atoms with Gasteiger partial charge in [0.25, 0.3) is 0 Å². The lowest BCUT2D eigenvalue weighted by molar-refractivity contribution is 0.161. The van der Waals surface area contributed by atoms with E-state index in [-0.39, 0.29) is 6.04 Å². The molecular formula is C19H32N4O2. The Hall–Kier alpha value is -1.79. The number of para-hydroxylation sites is 1. The maximum absolute atomic E-state index is 5.61. The van der Waals surface area contributed by atoms with E-state index in [2.05, 4.69) is 32.7 Å². The van der Waals surface area contributed by atoms with Crippen LogP contribution < -0.4 is 15.4 Å². The summed E-state index contributed by atoms with van der Waals surface area (Å²) in [5.74, 6) is 1.75. The van der Waals surface area contributed by atoms with Gasteiger partial charge in [-0.25, -0.2) is 0 Å². The number of aliphatic imine (C=N–C) groups is 1. The van der Waals surface area contributed by atoms with Crippen molar-refractivity contribution in [3.8, 4) is 5.75 Å². The van der Waals surface area contributed by atoms with Crippen molar-refractivity contribution in [2.75, 3.05) is 54.1 Å². The number of rotatable bonds is 8. The fourth-order valence-electron chi connectivity index (χ4n) is 3.29. The monoisotopic (exact) mass is 348 g/mol. The molecule has 0 saturated carbocycles. The molecule has 1 unspecified atom stereocenters. The first kappa shape index (κ1) is 19.5. The Balaban J connectivity index is 2.09. The molecule has 6 heteroatoms. The first-order chi connectivity index (χ1) is 12.3. The van der Waals surface area contributed by atoms with Crippen LogP contribution in [0.5, 0.6) is 5.75 Å². The lowest BCUT2D eigenvalue weighted by Gasteiger charge is -2.35. The van der Waals surface area contributed by atoms with Gasteiger partial charge in [-0.05, 0) is 32.0 Å². The largest absolute Gasteiger partial charge is 0.496 e. The number of ether oxygens (including phenoxy) is 2. The minimum atomic E-state index is 0.262. The normalized spacial score (nSPS) is 17.2. The first-order valence-electron chi connectivity index (χ1n) is 9.10. The average Bonchev–Trinajstić information content (AvgIpc) is 2.68. The molecule has 2 N–H and O–H groups in total. The molecule has 0 aliphatic carbocycles. The van der Waals surface area contributed by atoms with Crippen LogP contribution in [0.3, 0.4) is 0 Å². The van der Waals surface area contributed by atoms with Gasteiger partial charge < -0.3 is 20.1 Å². The van der Waals surface area contributed by atoms with Crippen LogP contribution in [0.2, 0.25) is 0 Å². The van der Waals surface area contributed by atoms with Gasteiger partial charge in [0.1, 0.15) is 5.75 Å². The molecule has 1 aromatic rings. The predicted molar refractivity (Wildman–Crippen MR) is 102 cm³/mol. The molecule has 140 valence electrons. The molecule has 0 radical (unpaired) electrons. The van der Waals surface area contributed by atoms with Crippen LogP contribution in [0.15, 0.2) is 29.3 Å². The molecule has 1 heterocycles. The van der Waals surface area contributed by atoms with Crippen LogP contribution in [0, 0.1) is 0 Å². The van der Waals surface area contributed by atoms with E-state index in [4.69, 9.17) is 9.47 Å². The Morgan fingerprint density at radius 1 is 1.16 bits per heavy atom. The minimum Gasteiger partial charge on any atom is -0.496 e. The lowest BCUT2D eigenvalue weighted by Crippen LogP contribution is -2.45. The summed E-state index contributed by atoms with van der Waals surface area (Å²) in [5.41, 5.74) is 1.23. The van der Waals surface area contributed by atoms with Gasteiger partial charge in [-0.1, -0.05) is 24.6 Å². The predicted octanol–water partition coefficient (Wildman–Crippen LogP) is 2.03. The van der Waals surface area contributed by atoms with Crippen LogP contribution in [0.1, 0.15) is 30.9 Å². The van der Waals surface area contributed by atoms with Gasteiger partial charge in [0.15, 0.2) is 5.96 Å². The number of benzene rings is 1. The van der Waals surface area contributed by atoms with Crippen LogP contribution in [0.4, 0.5) is 0 Å². The van der Waals surface area contributed by atoms with E-state index < -0.39 is 0 Å². The summed E-state index contributed by atoms with van der Waals surface area (Å²) in [4.78, 5) is 6.85. The van der Waals surface area contributed by atoms with Crippen LogP contribution >= 0.6 is 0 Å². The van der Waals surface area contributed by atoms with E-state index in [0.717, 1.165) is 37.9 Å². The van der Waals surface area contributed by atoms with Crippen LogP contribution in [-0.4, -0.2) is 64.9 Å². The Labute approximate surface area is 151 Å². The van der Waals surface area contributed by atoms with Gasteiger partial charge in [0.05, 0.1) is 19.8 Å². The molecule has 1 aliphatic heterocycles. The van der Waals surface area contributed by atoms with E-state index in [0.29, 0.717) is 6.61 Å². The highest BCUT2D eigenvalue weighted by molar-refractivity contribution is 5.79.